The number of benzene rings is 2. The van der Waals surface area contributed by atoms with Crippen LogP contribution in [0.5, 0.6) is 0 Å². The highest BCUT2D eigenvalue weighted by Gasteiger charge is 2.12. The summed E-state index contributed by atoms with van der Waals surface area (Å²) in [5.41, 5.74) is 2.73. The van der Waals surface area contributed by atoms with Gasteiger partial charge in [0.1, 0.15) is 5.69 Å². The predicted molar refractivity (Wildman–Crippen MR) is 89.4 cm³/mol. The number of aromatic amines is 1. The lowest BCUT2D eigenvalue weighted by Gasteiger charge is -2.13. The van der Waals surface area contributed by atoms with Gasteiger partial charge in [-0.1, -0.05) is 30.3 Å². The van der Waals surface area contributed by atoms with Crippen LogP contribution in [0, 0.1) is 0 Å². The molecule has 0 saturated carbocycles. The molecule has 2 aromatic carbocycles. The molecule has 0 spiro atoms. The summed E-state index contributed by atoms with van der Waals surface area (Å²) in [6, 6.07) is 14.6. The van der Waals surface area contributed by atoms with Crippen LogP contribution in [-0.2, 0) is 0 Å². The summed E-state index contributed by atoms with van der Waals surface area (Å²) in [5.74, 6) is 0. The van der Waals surface area contributed by atoms with Crippen molar-refractivity contribution in [1.29, 1.82) is 0 Å². The Bertz CT molecular complexity index is 876. The Kier molecular flexibility index (Phi) is 4.36. The standard InChI is InChI=1S/C17H17N3O3/c21-10-11(22)9-18-13-6-2-1-5-12(13)16-17(23)20-15-8-4-3-7-14(15)19-16/h1-8,11,18,21-22H,9-10H2,(H,20,23). The van der Waals surface area contributed by atoms with Crippen LogP contribution in [0.15, 0.2) is 53.3 Å². The van der Waals surface area contributed by atoms with Gasteiger partial charge in [0, 0.05) is 17.8 Å². The fourth-order valence-electron chi connectivity index (χ4n) is 2.35. The second kappa shape index (κ2) is 6.60. The van der Waals surface area contributed by atoms with E-state index in [9.17, 15) is 9.90 Å². The Balaban J connectivity index is 2.05. The largest absolute Gasteiger partial charge is 0.394 e. The summed E-state index contributed by atoms with van der Waals surface area (Å²) in [6.07, 6.45) is -0.870. The molecule has 0 radical (unpaired) electrons. The van der Waals surface area contributed by atoms with Crippen molar-refractivity contribution in [1.82, 2.24) is 9.97 Å². The van der Waals surface area contributed by atoms with Crippen molar-refractivity contribution in [2.75, 3.05) is 18.5 Å². The van der Waals surface area contributed by atoms with Gasteiger partial charge in [-0.15, -0.1) is 0 Å². The molecular formula is C17H17N3O3. The summed E-state index contributed by atoms with van der Waals surface area (Å²) in [7, 11) is 0. The van der Waals surface area contributed by atoms with E-state index >= 15 is 0 Å². The van der Waals surface area contributed by atoms with Gasteiger partial charge in [-0.05, 0) is 18.2 Å². The van der Waals surface area contributed by atoms with Crippen LogP contribution < -0.4 is 10.9 Å². The Morgan fingerprint density at radius 1 is 1.13 bits per heavy atom. The predicted octanol–water partition coefficient (Wildman–Crippen LogP) is 1.36. The SMILES string of the molecule is O=c1[nH]c2ccccc2nc1-c1ccccc1NCC(O)CO. The first-order valence-electron chi connectivity index (χ1n) is 7.30. The number of anilines is 1. The Labute approximate surface area is 132 Å². The molecule has 3 rings (SSSR count). The minimum atomic E-state index is -0.870. The number of aliphatic hydroxyl groups excluding tert-OH is 2. The molecule has 23 heavy (non-hydrogen) atoms. The quantitative estimate of drug-likeness (QED) is 0.570. The summed E-state index contributed by atoms with van der Waals surface area (Å²) in [5, 5.41) is 21.4. The zero-order chi connectivity index (χ0) is 16.2. The molecule has 0 fully saturated rings. The summed E-state index contributed by atoms with van der Waals surface area (Å²) in [4.78, 5) is 19.6. The minimum Gasteiger partial charge on any atom is -0.394 e. The molecule has 1 atom stereocenters. The number of aliphatic hydroxyl groups is 2. The van der Waals surface area contributed by atoms with Crippen LogP contribution >= 0.6 is 0 Å². The van der Waals surface area contributed by atoms with Crippen molar-refractivity contribution in [3.05, 3.63) is 58.9 Å². The van der Waals surface area contributed by atoms with Crippen molar-refractivity contribution in [3.8, 4) is 11.3 Å². The van der Waals surface area contributed by atoms with Crippen molar-refractivity contribution in [2.45, 2.75) is 6.10 Å². The molecule has 0 bridgehead atoms. The highest BCUT2D eigenvalue weighted by molar-refractivity contribution is 5.80. The van der Waals surface area contributed by atoms with E-state index in [1.165, 1.54) is 0 Å². The van der Waals surface area contributed by atoms with Crippen LogP contribution in [0.1, 0.15) is 0 Å². The number of rotatable bonds is 5. The molecule has 1 heterocycles. The van der Waals surface area contributed by atoms with Gasteiger partial charge in [0.15, 0.2) is 0 Å². The second-order valence-corrected chi connectivity index (χ2v) is 5.19. The van der Waals surface area contributed by atoms with Crippen LogP contribution in [0.4, 0.5) is 5.69 Å². The molecule has 0 aliphatic heterocycles. The van der Waals surface area contributed by atoms with Crippen molar-refractivity contribution in [3.63, 3.8) is 0 Å². The normalized spacial score (nSPS) is 12.3. The smallest absolute Gasteiger partial charge is 0.275 e. The number of nitrogens with one attached hydrogen (secondary N) is 2. The third kappa shape index (κ3) is 3.23. The van der Waals surface area contributed by atoms with Gasteiger partial charge < -0.3 is 20.5 Å². The fourth-order valence-corrected chi connectivity index (χ4v) is 2.35. The van der Waals surface area contributed by atoms with E-state index in [-0.39, 0.29) is 18.7 Å². The third-order valence-electron chi connectivity index (χ3n) is 3.52. The molecule has 0 amide bonds. The third-order valence-corrected chi connectivity index (χ3v) is 3.52. The Hall–Kier alpha value is -2.70. The number of hydrogen-bond donors (Lipinski definition) is 4. The molecule has 1 unspecified atom stereocenters. The van der Waals surface area contributed by atoms with E-state index in [1.807, 2.05) is 30.3 Å². The summed E-state index contributed by atoms with van der Waals surface area (Å²) in [6.45, 7) is -0.150. The molecule has 0 aliphatic carbocycles. The van der Waals surface area contributed by atoms with Gasteiger partial charge in [0.05, 0.1) is 23.7 Å². The first-order chi connectivity index (χ1) is 11.2. The lowest BCUT2D eigenvalue weighted by Crippen LogP contribution is -2.23. The maximum atomic E-state index is 12.3. The average molecular weight is 311 g/mol. The molecular weight excluding hydrogens is 294 g/mol. The highest BCUT2D eigenvalue weighted by Crippen LogP contribution is 2.24. The maximum absolute atomic E-state index is 12.3. The van der Waals surface area contributed by atoms with Crippen molar-refractivity contribution >= 4 is 16.7 Å². The lowest BCUT2D eigenvalue weighted by molar-refractivity contribution is 0.105. The van der Waals surface area contributed by atoms with Crippen LogP contribution in [-0.4, -0.2) is 39.4 Å². The molecule has 3 aromatic rings. The molecule has 118 valence electrons. The van der Waals surface area contributed by atoms with Gasteiger partial charge in [-0.3, -0.25) is 4.79 Å². The van der Waals surface area contributed by atoms with E-state index in [4.69, 9.17) is 5.11 Å². The number of hydrogen-bond acceptors (Lipinski definition) is 5. The van der Waals surface area contributed by atoms with Gasteiger partial charge in [0.25, 0.3) is 5.56 Å². The first-order valence-corrected chi connectivity index (χ1v) is 7.30. The molecule has 6 heteroatoms. The molecule has 0 aliphatic rings. The summed E-state index contributed by atoms with van der Waals surface area (Å²) >= 11 is 0. The number of H-pyrrole nitrogens is 1. The number of aromatic nitrogens is 2. The van der Waals surface area contributed by atoms with Crippen LogP contribution in [0.25, 0.3) is 22.3 Å². The average Bonchev–Trinajstić information content (AvgIpc) is 2.59. The van der Waals surface area contributed by atoms with E-state index in [0.717, 1.165) is 0 Å². The van der Waals surface area contributed by atoms with Gasteiger partial charge in [-0.2, -0.15) is 0 Å². The second-order valence-electron chi connectivity index (χ2n) is 5.19. The Morgan fingerprint density at radius 2 is 1.87 bits per heavy atom. The van der Waals surface area contributed by atoms with E-state index in [0.29, 0.717) is 28.0 Å². The van der Waals surface area contributed by atoms with E-state index in [1.54, 1.807) is 18.2 Å². The molecule has 4 N–H and O–H groups in total. The monoisotopic (exact) mass is 311 g/mol. The van der Waals surface area contributed by atoms with Gasteiger partial charge in [-0.25, -0.2) is 4.98 Å². The van der Waals surface area contributed by atoms with Crippen LogP contribution in [0.2, 0.25) is 0 Å². The van der Waals surface area contributed by atoms with E-state index in [2.05, 4.69) is 15.3 Å². The molecule has 0 saturated heterocycles. The van der Waals surface area contributed by atoms with Crippen molar-refractivity contribution in [2.24, 2.45) is 0 Å². The lowest BCUT2D eigenvalue weighted by atomic mass is 10.1. The molecule has 1 aromatic heterocycles. The fraction of sp³-hybridized carbons (Fsp3) is 0.176. The topological polar surface area (TPSA) is 98.2 Å². The highest BCUT2D eigenvalue weighted by atomic mass is 16.3. The van der Waals surface area contributed by atoms with Crippen molar-refractivity contribution < 1.29 is 10.2 Å². The number of fused-ring (bicyclic) bond motifs is 1. The van der Waals surface area contributed by atoms with Gasteiger partial charge >= 0.3 is 0 Å². The molecule has 6 nitrogen and oxygen atoms in total. The zero-order valence-corrected chi connectivity index (χ0v) is 12.4. The number of para-hydroxylation sites is 3. The Morgan fingerprint density at radius 3 is 2.70 bits per heavy atom. The number of nitrogens with zero attached hydrogens (tertiary/aromatic N) is 1. The minimum absolute atomic E-state index is 0.180. The van der Waals surface area contributed by atoms with E-state index < -0.39 is 6.10 Å². The van der Waals surface area contributed by atoms with Crippen LogP contribution in [0.3, 0.4) is 0 Å². The first kappa shape index (κ1) is 15.2. The van der Waals surface area contributed by atoms with Gasteiger partial charge in [0.2, 0.25) is 0 Å². The maximum Gasteiger partial charge on any atom is 0.275 e. The summed E-state index contributed by atoms with van der Waals surface area (Å²) < 4.78 is 0. The zero-order valence-electron chi connectivity index (χ0n) is 12.4.